The van der Waals surface area contributed by atoms with Gasteiger partial charge in [-0.2, -0.15) is 5.10 Å². The first-order valence-corrected chi connectivity index (χ1v) is 10.1. The Morgan fingerprint density at radius 3 is 2.33 bits per heavy atom. The van der Waals surface area contributed by atoms with Crippen molar-refractivity contribution < 1.29 is 9.59 Å². The average molecular weight is 372 g/mol. The van der Waals surface area contributed by atoms with Crippen LogP contribution in [0.3, 0.4) is 0 Å². The third-order valence-corrected chi connectivity index (χ3v) is 6.55. The normalized spacial score (nSPS) is 30.9. The SMILES string of the molecule is CCCn1nc(C(=O)NNC(=O)CC23CC4CC(CC(C4)C2)C3)ccc1=O. The van der Waals surface area contributed by atoms with Gasteiger partial charge in [0.15, 0.2) is 5.69 Å². The van der Waals surface area contributed by atoms with Crippen molar-refractivity contribution >= 4 is 11.8 Å². The van der Waals surface area contributed by atoms with E-state index in [1.54, 1.807) is 0 Å². The number of nitrogens with zero attached hydrogens (tertiary/aromatic N) is 2. The number of rotatable bonds is 5. The number of hydrazine groups is 1. The minimum Gasteiger partial charge on any atom is -0.273 e. The van der Waals surface area contributed by atoms with E-state index in [-0.39, 0.29) is 22.6 Å². The lowest BCUT2D eigenvalue weighted by Gasteiger charge is -2.56. The number of aryl methyl sites for hydroxylation is 1. The first-order chi connectivity index (χ1) is 13.0. The van der Waals surface area contributed by atoms with Crippen LogP contribution in [0.25, 0.3) is 0 Å². The standard InChI is InChI=1S/C20H28N4O3/c1-2-5-24-18(26)4-3-16(23-24)19(27)22-21-17(25)12-20-9-13-6-14(10-20)8-15(7-13)11-20/h3-4,13-15H,2,5-12H2,1H3,(H,21,25)(H,22,27). The zero-order valence-corrected chi connectivity index (χ0v) is 15.9. The minimum absolute atomic E-state index is 0.123. The molecule has 0 spiro atoms. The third-order valence-electron chi connectivity index (χ3n) is 6.55. The number of nitrogens with one attached hydrogen (secondary N) is 2. The Kier molecular flexibility index (Phi) is 4.78. The average Bonchev–Trinajstić information content (AvgIpc) is 2.60. The van der Waals surface area contributed by atoms with Crippen molar-refractivity contribution in [2.45, 2.75) is 64.8 Å². The van der Waals surface area contributed by atoms with E-state index < -0.39 is 5.91 Å². The monoisotopic (exact) mass is 372 g/mol. The fraction of sp³-hybridized carbons (Fsp3) is 0.700. The van der Waals surface area contributed by atoms with Gasteiger partial charge >= 0.3 is 0 Å². The molecular formula is C20H28N4O3. The zero-order valence-electron chi connectivity index (χ0n) is 15.9. The molecule has 4 aliphatic carbocycles. The first-order valence-electron chi connectivity index (χ1n) is 10.1. The Hall–Kier alpha value is -2.18. The van der Waals surface area contributed by atoms with Gasteiger partial charge in [0.25, 0.3) is 11.5 Å². The molecule has 27 heavy (non-hydrogen) atoms. The molecule has 7 nitrogen and oxygen atoms in total. The summed E-state index contributed by atoms with van der Waals surface area (Å²) in [5.41, 5.74) is 5.03. The van der Waals surface area contributed by atoms with Gasteiger partial charge in [-0.3, -0.25) is 25.2 Å². The molecule has 0 radical (unpaired) electrons. The van der Waals surface area contributed by atoms with Crippen LogP contribution in [0.1, 0.15) is 68.8 Å². The number of aromatic nitrogens is 2. The predicted molar refractivity (Wildman–Crippen MR) is 99.6 cm³/mol. The molecule has 2 amide bonds. The molecule has 0 unspecified atom stereocenters. The number of hydrogen-bond acceptors (Lipinski definition) is 4. The van der Waals surface area contributed by atoms with Crippen LogP contribution < -0.4 is 16.4 Å². The summed E-state index contributed by atoms with van der Waals surface area (Å²) >= 11 is 0. The Balaban J connectivity index is 1.34. The van der Waals surface area contributed by atoms with Crippen LogP contribution in [0, 0.1) is 23.2 Å². The largest absolute Gasteiger partial charge is 0.290 e. The third kappa shape index (κ3) is 3.77. The maximum atomic E-state index is 12.5. The summed E-state index contributed by atoms with van der Waals surface area (Å²) in [5, 5.41) is 4.06. The molecule has 4 fully saturated rings. The number of carbonyl (C=O) groups is 2. The highest BCUT2D eigenvalue weighted by Crippen LogP contribution is 2.61. The van der Waals surface area contributed by atoms with Gasteiger partial charge in [-0.15, -0.1) is 0 Å². The van der Waals surface area contributed by atoms with E-state index in [1.807, 2.05) is 6.92 Å². The molecule has 7 heteroatoms. The van der Waals surface area contributed by atoms with Gasteiger partial charge in [0.1, 0.15) is 0 Å². The fourth-order valence-corrected chi connectivity index (χ4v) is 6.02. The second-order valence-corrected chi connectivity index (χ2v) is 8.88. The highest BCUT2D eigenvalue weighted by Gasteiger charge is 2.51. The van der Waals surface area contributed by atoms with Crippen LogP contribution in [0.2, 0.25) is 0 Å². The van der Waals surface area contributed by atoms with Gasteiger partial charge in [0.05, 0.1) is 0 Å². The van der Waals surface area contributed by atoms with Gasteiger partial charge in [0, 0.05) is 19.0 Å². The Labute approximate surface area is 158 Å². The number of amides is 2. The van der Waals surface area contributed by atoms with Crippen LogP contribution in [0.4, 0.5) is 0 Å². The lowest BCUT2D eigenvalue weighted by atomic mass is 9.49. The molecule has 2 N–H and O–H groups in total. The second-order valence-electron chi connectivity index (χ2n) is 8.88. The lowest BCUT2D eigenvalue weighted by molar-refractivity contribution is -0.130. The zero-order chi connectivity index (χ0) is 19.0. The van der Waals surface area contributed by atoms with E-state index in [9.17, 15) is 14.4 Å². The summed E-state index contributed by atoms with van der Waals surface area (Å²) in [5.74, 6) is 1.75. The van der Waals surface area contributed by atoms with Crippen molar-refractivity contribution in [2.75, 3.05) is 0 Å². The van der Waals surface area contributed by atoms with E-state index in [0.717, 1.165) is 43.4 Å². The topological polar surface area (TPSA) is 93.1 Å². The summed E-state index contributed by atoms with van der Waals surface area (Å²) < 4.78 is 1.27. The van der Waals surface area contributed by atoms with Gasteiger partial charge in [0.2, 0.25) is 5.91 Å². The van der Waals surface area contributed by atoms with Gasteiger partial charge in [-0.1, -0.05) is 6.92 Å². The summed E-state index contributed by atoms with van der Waals surface area (Å²) in [6.07, 6.45) is 8.74. The van der Waals surface area contributed by atoms with Gasteiger partial charge in [-0.05, 0) is 74.2 Å². The second kappa shape index (κ2) is 7.09. The fourth-order valence-electron chi connectivity index (χ4n) is 6.02. The van der Waals surface area contributed by atoms with Gasteiger partial charge < -0.3 is 0 Å². The molecule has 1 heterocycles. The summed E-state index contributed by atoms with van der Waals surface area (Å²) in [6, 6.07) is 2.71. The van der Waals surface area contributed by atoms with Crippen LogP contribution in [0.5, 0.6) is 0 Å². The van der Waals surface area contributed by atoms with Crippen LogP contribution in [0.15, 0.2) is 16.9 Å². The van der Waals surface area contributed by atoms with Crippen molar-refractivity contribution in [1.29, 1.82) is 0 Å². The number of carbonyl (C=O) groups excluding carboxylic acids is 2. The van der Waals surface area contributed by atoms with Gasteiger partial charge in [-0.25, -0.2) is 4.68 Å². The summed E-state index contributed by atoms with van der Waals surface area (Å²) in [7, 11) is 0. The maximum absolute atomic E-state index is 12.5. The predicted octanol–water partition coefficient (Wildman–Crippen LogP) is 2.02. The molecule has 146 valence electrons. The van der Waals surface area contributed by atoms with E-state index in [0.29, 0.717) is 13.0 Å². The first kappa shape index (κ1) is 18.2. The quantitative estimate of drug-likeness (QED) is 0.774. The smallest absolute Gasteiger partial charge is 0.273 e. The Bertz CT molecular complexity index is 765. The molecule has 0 aromatic carbocycles. The van der Waals surface area contributed by atoms with E-state index >= 15 is 0 Å². The summed E-state index contributed by atoms with van der Waals surface area (Å²) in [4.78, 5) is 36.5. The van der Waals surface area contributed by atoms with Crippen molar-refractivity contribution in [3.8, 4) is 0 Å². The minimum atomic E-state index is -0.501. The van der Waals surface area contributed by atoms with Crippen LogP contribution in [-0.2, 0) is 11.3 Å². The number of hydrogen-bond donors (Lipinski definition) is 2. The maximum Gasteiger partial charge on any atom is 0.290 e. The Morgan fingerprint density at radius 1 is 1.11 bits per heavy atom. The molecule has 4 saturated carbocycles. The van der Waals surface area contributed by atoms with Crippen molar-refractivity contribution in [3.05, 3.63) is 28.2 Å². The molecular weight excluding hydrogens is 344 g/mol. The van der Waals surface area contributed by atoms with E-state index in [1.165, 1.54) is 36.1 Å². The van der Waals surface area contributed by atoms with Crippen LogP contribution >= 0.6 is 0 Å². The van der Waals surface area contributed by atoms with Crippen molar-refractivity contribution in [3.63, 3.8) is 0 Å². The summed E-state index contributed by atoms with van der Waals surface area (Å²) in [6.45, 7) is 2.39. The Morgan fingerprint density at radius 2 is 1.74 bits per heavy atom. The molecule has 5 rings (SSSR count). The van der Waals surface area contributed by atoms with Crippen molar-refractivity contribution in [1.82, 2.24) is 20.6 Å². The lowest BCUT2D eigenvalue weighted by Crippen LogP contribution is -2.50. The molecule has 1 aromatic heterocycles. The van der Waals surface area contributed by atoms with E-state index in [2.05, 4.69) is 16.0 Å². The molecule has 0 aliphatic heterocycles. The van der Waals surface area contributed by atoms with Crippen molar-refractivity contribution in [2.24, 2.45) is 23.2 Å². The highest BCUT2D eigenvalue weighted by molar-refractivity contribution is 5.93. The molecule has 4 bridgehead atoms. The molecule has 0 atom stereocenters. The van der Waals surface area contributed by atoms with Crippen LogP contribution in [-0.4, -0.2) is 21.6 Å². The molecule has 4 aliphatic rings. The molecule has 0 saturated heterocycles. The highest BCUT2D eigenvalue weighted by atomic mass is 16.2. The molecule has 1 aromatic rings. The van der Waals surface area contributed by atoms with E-state index in [4.69, 9.17) is 0 Å².